The first-order valence-corrected chi connectivity index (χ1v) is 37.0. The molecular weight excluding hydrogens is 1400 g/mol. The van der Waals surface area contributed by atoms with Crippen molar-refractivity contribution in [3.8, 4) is 11.4 Å². The molecule has 5 unspecified atom stereocenters. The van der Waals surface area contributed by atoms with Crippen LogP contribution in [0.15, 0.2) is 113 Å². The van der Waals surface area contributed by atoms with Crippen LogP contribution >= 0.6 is 0 Å². The van der Waals surface area contributed by atoms with Gasteiger partial charge in [-0.15, -0.1) is 0 Å². The fraction of sp³-hybridized carbons (Fsp3) is 0.432. The zero-order chi connectivity index (χ0) is 77.4. The topological polar surface area (TPSA) is 426 Å². The number of carbonyl (C=O) groups is 10. The van der Waals surface area contributed by atoms with Gasteiger partial charge in [0.05, 0.1) is 59.3 Å². The number of ether oxygens (including phenoxy) is 2. The molecule has 33 heteroatoms. The molecule has 32 nitrogen and oxygen atoms in total. The van der Waals surface area contributed by atoms with Gasteiger partial charge in [-0.1, -0.05) is 71.0 Å². The maximum Gasteiger partial charge on any atom is 0.355 e. The van der Waals surface area contributed by atoms with Crippen molar-refractivity contribution in [2.75, 3.05) is 101 Å². The van der Waals surface area contributed by atoms with E-state index in [1.165, 1.54) is 65.6 Å². The molecule has 0 saturated carbocycles. The Hall–Kier alpha value is -11.0. The number of primary amides is 1. The number of cyclic esters (lactones) is 1. The zero-order valence-corrected chi connectivity index (χ0v) is 62.0. The molecule has 1 saturated heterocycles. The molecule has 2 aromatic heterocycles. The van der Waals surface area contributed by atoms with E-state index in [1.807, 2.05) is 57.1 Å². The van der Waals surface area contributed by atoms with Gasteiger partial charge in [0.25, 0.3) is 15.6 Å². The SMILES string of the molecule is CCCNC(=O)Nc1cccc(S(=O)(=O)Nc2cccc(C(CC(=O)O)NC(=O)Nc3ccc(NC(=O)NCCN(C)CCN(C)CCN(C)CC(=O)NC(CC(N)=O)C(=O)N4CCCC4C(=O)NC(C(=O)OC4(CC)C(=O)OCc5c4cc4n(c5=O)Cc5c-4nc4ccccc4c5CC)C(C)C)cc3)c2)c1. The van der Waals surface area contributed by atoms with Crippen LogP contribution in [0.3, 0.4) is 0 Å². The van der Waals surface area contributed by atoms with Gasteiger partial charge in [-0.25, -0.2) is 37.4 Å². The van der Waals surface area contributed by atoms with Gasteiger partial charge in [0, 0.05) is 91.6 Å². The number of carboxylic acids is 1. The number of carbonyl (C=O) groups excluding carboxylic acids is 9. The average Bonchev–Trinajstić information content (AvgIpc) is 1.63. The summed E-state index contributed by atoms with van der Waals surface area (Å²) >= 11 is 0. The number of nitrogens with zero attached hydrogens (tertiary/aromatic N) is 6. The molecule has 9 rings (SSSR count). The number of nitrogens with two attached hydrogens (primary N) is 1. The fourth-order valence-electron chi connectivity index (χ4n) is 13.1. The minimum atomic E-state index is -4.19. The standard InChI is InChI=1S/C74H94N16O16S/c1-9-28-76-71(100)80-48-18-15-20-50(37-48)107(103,104)85-49-19-14-17-45(36-49)57(40-63(93)94)83-73(102)79-47-26-24-46(25-27-47)78-72(101)77-29-31-86(6)32-33-87(7)34-35-88(8)42-62(92)81-58(39-61(75)91)68(97)89-30-16-23-59(89)66(95)84-64(44(4)5)69(98)106-74(11-3)55-38-60-65-53(41-90(60)67(96)54(55)43-105-70(74)99)51(10-2)52-21-12-13-22-56(52)82-65/h12-15,17-22,24-27,36-38,44,57-59,64,85H,9-11,16,23,28-35,39-43H2,1-8H3,(H2,75,91)(H,81,92)(H,84,95)(H,93,94)(H2,76,80,100)(H2,77,78,101)(H2,79,83,102). The van der Waals surface area contributed by atoms with Gasteiger partial charge in [-0.2, -0.15) is 0 Å². The predicted molar refractivity (Wildman–Crippen MR) is 399 cm³/mol. The molecule has 3 aliphatic heterocycles. The van der Waals surface area contributed by atoms with Gasteiger partial charge in [-0.05, 0) is 137 Å². The highest BCUT2D eigenvalue weighted by Gasteiger charge is 2.52. The molecule has 572 valence electrons. The molecule has 3 aliphatic rings. The van der Waals surface area contributed by atoms with Gasteiger partial charge in [-0.3, -0.25) is 38.4 Å². The van der Waals surface area contributed by atoms with Crippen LogP contribution in [0, 0.1) is 5.92 Å². The summed E-state index contributed by atoms with van der Waals surface area (Å²) in [7, 11) is 1.34. The van der Waals surface area contributed by atoms with E-state index in [2.05, 4.69) is 52.2 Å². The first-order valence-electron chi connectivity index (χ1n) is 35.6. The van der Waals surface area contributed by atoms with Crippen molar-refractivity contribution in [3.05, 3.63) is 141 Å². The molecule has 0 bridgehead atoms. The summed E-state index contributed by atoms with van der Waals surface area (Å²) in [6, 6.07) is 20.4. The number of hydrogen-bond acceptors (Lipinski definition) is 19. The lowest BCUT2D eigenvalue weighted by Gasteiger charge is -2.37. The number of aliphatic carboxylic acids is 1. The number of aryl methyl sites for hydroxylation is 1. The maximum atomic E-state index is 14.5. The number of likely N-dealkylation sites (N-methyl/N-ethyl adjacent to an activating group) is 3. The molecule has 0 aliphatic carbocycles. The number of rotatable bonds is 34. The van der Waals surface area contributed by atoms with Gasteiger partial charge in [0.15, 0.2) is 0 Å². The van der Waals surface area contributed by atoms with Crippen LogP contribution in [-0.2, 0) is 78.2 Å². The number of pyridine rings is 2. The highest BCUT2D eigenvalue weighted by Crippen LogP contribution is 2.43. The third kappa shape index (κ3) is 20.1. The molecule has 0 spiro atoms. The number of para-hydroxylation sites is 1. The number of aromatic nitrogens is 2. The summed E-state index contributed by atoms with van der Waals surface area (Å²) in [6.45, 7) is 12.2. The summed E-state index contributed by atoms with van der Waals surface area (Å²) in [4.78, 5) is 160. The molecule has 12 N–H and O–H groups in total. The monoisotopic (exact) mass is 1490 g/mol. The molecule has 107 heavy (non-hydrogen) atoms. The van der Waals surface area contributed by atoms with Crippen molar-refractivity contribution in [1.82, 2.24) is 55.7 Å². The van der Waals surface area contributed by atoms with Crippen LogP contribution in [0.25, 0.3) is 22.3 Å². The molecule has 4 aromatic carbocycles. The Balaban J connectivity index is 0.692. The molecule has 1 fully saturated rings. The quantitative estimate of drug-likeness (QED) is 0.0237. The number of hydrogen-bond donors (Lipinski definition) is 11. The number of sulfonamides is 1. The van der Waals surface area contributed by atoms with E-state index >= 15 is 0 Å². The van der Waals surface area contributed by atoms with Crippen LogP contribution in [0.2, 0.25) is 0 Å². The Morgan fingerprint density at radius 1 is 0.729 bits per heavy atom. The number of fused-ring (bicyclic) bond motifs is 5. The fourth-order valence-corrected chi connectivity index (χ4v) is 14.2. The first kappa shape index (κ1) is 80.1. The van der Waals surface area contributed by atoms with Crippen LogP contribution in [-0.4, -0.2) is 200 Å². The Labute approximate surface area is 619 Å². The van der Waals surface area contributed by atoms with E-state index in [9.17, 15) is 66.3 Å². The molecule has 6 aromatic rings. The van der Waals surface area contributed by atoms with Crippen molar-refractivity contribution in [2.45, 2.75) is 127 Å². The molecule has 0 radical (unpaired) electrons. The maximum absolute atomic E-state index is 14.5. The Morgan fingerprint density at radius 2 is 1.37 bits per heavy atom. The number of esters is 2. The van der Waals surface area contributed by atoms with Crippen molar-refractivity contribution >= 4 is 103 Å². The van der Waals surface area contributed by atoms with Crippen molar-refractivity contribution in [1.29, 1.82) is 0 Å². The molecule has 10 amide bonds. The number of carboxylic acid groups (broad SMARTS) is 1. The Bertz CT molecular complexity index is 4520. The minimum absolute atomic E-state index is 0.0881. The third-order valence-electron chi connectivity index (χ3n) is 18.9. The number of likely N-dealkylation sites (tertiary alicyclic amines) is 1. The highest BCUT2D eigenvalue weighted by atomic mass is 32.2. The second kappa shape index (κ2) is 35.8. The summed E-state index contributed by atoms with van der Waals surface area (Å²) < 4.78 is 42.7. The smallest absolute Gasteiger partial charge is 0.355 e. The average molecular weight is 1500 g/mol. The first-order chi connectivity index (χ1) is 51.0. The third-order valence-corrected chi connectivity index (χ3v) is 20.3. The van der Waals surface area contributed by atoms with E-state index in [4.69, 9.17) is 20.2 Å². The Morgan fingerprint density at radius 3 is 2.04 bits per heavy atom. The number of benzene rings is 4. The largest absolute Gasteiger partial charge is 0.481 e. The van der Waals surface area contributed by atoms with Crippen molar-refractivity contribution in [2.24, 2.45) is 11.7 Å². The zero-order valence-electron chi connectivity index (χ0n) is 61.2. The molecule has 5 atom stereocenters. The van der Waals surface area contributed by atoms with E-state index in [0.29, 0.717) is 87.8 Å². The van der Waals surface area contributed by atoms with Crippen LogP contribution in [0.5, 0.6) is 0 Å². The summed E-state index contributed by atoms with van der Waals surface area (Å²) in [5.41, 5.74) is 8.52. The van der Waals surface area contributed by atoms with Gasteiger partial charge >= 0.3 is 36.0 Å². The number of amides is 10. The second-order valence-corrected chi connectivity index (χ2v) is 28.9. The lowest BCUT2D eigenvalue weighted by atomic mass is 9.85. The van der Waals surface area contributed by atoms with Crippen molar-refractivity contribution < 1.29 is 70.9 Å². The summed E-state index contributed by atoms with van der Waals surface area (Å²) in [5.74, 6) is -6.58. The van der Waals surface area contributed by atoms with Crippen LogP contribution in [0.1, 0.15) is 107 Å². The van der Waals surface area contributed by atoms with Gasteiger partial charge < -0.3 is 82.1 Å². The van der Waals surface area contributed by atoms with Crippen LogP contribution < -0.4 is 58.5 Å². The van der Waals surface area contributed by atoms with E-state index in [0.717, 1.165) is 22.0 Å². The summed E-state index contributed by atoms with van der Waals surface area (Å²) in [6.07, 6.45) is 0.725. The van der Waals surface area contributed by atoms with Crippen molar-refractivity contribution in [3.63, 3.8) is 0 Å². The molecule has 5 heterocycles. The number of nitrogens with one attached hydrogen (secondary N) is 9. The number of anilines is 4. The number of urea groups is 3. The molecular formula is C74H94N16O16S. The lowest BCUT2D eigenvalue weighted by Crippen LogP contribution is -2.58. The highest BCUT2D eigenvalue weighted by molar-refractivity contribution is 7.92. The minimum Gasteiger partial charge on any atom is -0.481 e. The lowest BCUT2D eigenvalue weighted by molar-refractivity contribution is -0.191. The second-order valence-electron chi connectivity index (χ2n) is 27.2. The summed E-state index contributed by atoms with van der Waals surface area (Å²) in [5, 5.41) is 32.2. The van der Waals surface area contributed by atoms with E-state index in [-0.39, 0.29) is 72.0 Å². The predicted octanol–water partition coefficient (Wildman–Crippen LogP) is 4.97. The van der Waals surface area contributed by atoms with Gasteiger partial charge in [0.1, 0.15) is 24.7 Å². The van der Waals surface area contributed by atoms with E-state index in [1.54, 1.807) is 55.5 Å². The Kier molecular flexibility index (Phi) is 26.8. The van der Waals surface area contributed by atoms with E-state index < -0.39 is 124 Å². The van der Waals surface area contributed by atoms with Gasteiger partial charge in [0.2, 0.25) is 29.2 Å². The van der Waals surface area contributed by atoms with Crippen LogP contribution in [0.4, 0.5) is 37.1 Å². The normalized spacial score (nSPS) is 16.0.